The van der Waals surface area contributed by atoms with Crippen molar-refractivity contribution in [3.8, 4) is 0 Å². The fourth-order valence-electron chi connectivity index (χ4n) is 3.08. The van der Waals surface area contributed by atoms with E-state index in [1.807, 2.05) is 23.8 Å². The van der Waals surface area contributed by atoms with Gasteiger partial charge in [0.1, 0.15) is 0 Å². The zero-order valence-electron chi connectivity index (χ0n) is 12.2. The maximum Gasteiger partial charge on any atom is 0.250 e. The molecule has 0 bridgehead atoms. The Kier molecular flexibility index (Phi) is 5.20. The van der Waals surface area contributed by atoms with E-state index in [9.17, 15) is 4.79 Å². The van der Waals surface area contributed by atoms with E-state index in [1.54, 1.807) is 6.07 Å². The third-order valence-corrected chi connectivity index (χ3v) is 4.21. The third-order valence-electron chi connectivity index (χ3n) is 4.21. The molecule has 0 spiro atoms. The second kappa shape index (κ2) is 6.90. The number of hydrogen-bond donors (Lipinski definition) is 1. The highest BCUT2D eigenvalue weighted by atomic mass is 16.1. The van der Waals surface area contributed by atoms with Gasteiger partial charge in [0.25, 0.3) is 5.56 Å². The number of pyridine rings is 1. The molecule has 2 unspecified atom stereocenters. The van der Waals surface area contributed by atoms with Crippen LogP contribution >= 0.6 is 0 Å². The minimum Gasteiger partial charge on any atom is -0.316 e. The zero-order chi connectivity index (χ0) is 13.7. The Bertz CT molecular complexity index is 452. The summed E-state index contributed by atoms with van der Waals surface area (Å²) in [5.41, 5.74) is 1.18. The van der Waals surface area contributed by atoms with Crippen LogP contribution in [-0.2, 0) is 6.54 Å². The summed E-state index contributed by atoms with van der Waals surface area (Å²) in [5, 5.41) is 3.65. The summed E-state index contributed by atoms with van der Waals surface area (Å²) in [7, 11) is 0. The van der Waals surface area contributed by atoms with Crippen molar-refractivity contribution in [1.29, 1.82) is 0 Å². The number of aryl methyl sites for hydroxylation is 2. The Morgan fingerprint density at radius 1 is 1.42 bits per heavy atom. The van der Waals surface area contributed by atoms with Crippen molar-refractivity contribution < 1.29 is 0 Å². The molecule has 3 heteroatoms. The van der Waals surface area contributed by atoms with E-state index in [0.29, 0.717) is 6.04 Å². The van der Waals surface area contributed by atoms with Gasteiger partial charge in [-0.1, -0.05) is 13.3 Å². The standard InChI is InChI=1S/C16H26N2O/c1-3-9-17-15-6-4-5-14(15)8-11-18-10-7-13(2)12-16(18)19/h7,10,12,14-15,17H,3-6,8-9,11H2,1-2H3. The van der Waals surface area contributed by atoms with Crippen LogP contribution in [0.4, 0.5) is 0 Å². The summed E-state index contributed by atoms with van der Waals surface area (Å²) in [4.78, 5) is 11.8. The summed E-state index contributed by atoms with van der Waals surface area (Å²) < 4.78 is 1.85. The summed E-state index contributed by atoms with van der Waals surface area (Å²) in [6.45, 7) is 6.15. The van der Waals surface area contributed by atoms with E-state index in [4.69, 9.17) is 0 Å². The van der Waals surface area contributed by atoms with Crippen molar-refractivity contribution in [2.45, 2.75) is 58.5 Å². The van der Waals surface area contributed by atoms with E-state index in [1.165, 1.54) is 25.7 Å². The molecule has 2 rings (SSSR count). The Morgan fingerprint density at radius 2 is 2.26 bits per heavy atom. The van der Waals surface area contributed by atoms with Gasteiger partial charge in [0, 0.05) is 24.8 Å². The molecule has 2 atom stereocenters. The van der Waals surface area contributed by atoms with E-state index >= 15 is 0 Å². The monoisotopic (exact) mass is 262 g/mol. The average Bonchev–Trinajstić information content (AvgIpc) is 2.83. The summed E-state index contributed by atoms with van der Waals surface area (Å²) in [5.74, 6) is 0.736. The van der Waals surface area contributed by atoms with Crippen LogP contribution in [0.25, 0.3) is 0 Å². The average molecular weight is 262 g/mol. The molecule has 1 N–H and O–H groups in total. The van der Waals surface area contributed by atoms with Crippen LogP contribution in [0.15, 0.2) is 23.1 Å². The van der Waals surface area contributed by atoms with Gasteiger partial charge in [0.2, 0.25) is 0 Å². The van der Waals surface area contributed by atoms with Gasteiger partial charge in [0.05, 0.1) is 0 Å². The smallest absolute Gasteiger partial charge is 0.250 e. The molecule has 19 heavy (non-hydrogen) atoms. The Balaban J connectivity index is 1.88. The lowest BCUT2D eigenvalue weighted by atomic mass is 9.99. The molecule has 1 aromatic rings. The van der Waals surface area contributed by atoms with Gasteiger partial charge in [-0.25, -0.2) is 0 Å². The Hall–Kier alpha value is -1.09. The molecule has 0 radical (unpaired) electrons. The number of hydrogen-bond acceptors (Lipinski definition) is 2. The van der Waals surface area contributed by atoms with Crippen LogP contribution in [0, 0.1) is 12.8 Å². The third kappa shape index (κ3) is 3.93. The van der Waals surface area contributed by atoms with Crippen LogP contribution in [0.2, 0.25) is 0 Å². The van der Waals surface area contributed by atoms with Crippen molar-refractivity contribution in [3.63, 3.8) is 0 Å². The Morgan fingerprint density at radius 3 is 3.00 bits per heavy atom. The normalized spacial score (nSPS) is 22.8. The number of nitrogens with zero attached hydrogens (tertiary/aromatic N) is 1. The molecule has 1 aliphatic rings. The number of rotatable bonds is 6. The summed E-state index contributed by atoms with van der Waals surface area (Å²) >= 11 is 0. The second-order valence-electron chi connectivity index (χ2n) is 5.78. The fraction of sp³-hybridized carbons (Fsp3) is 0.688. The summed E-state index contributed by atoms with van der Waals surface area (Å²) in [6, 6.07) is 4.41. The van der Waals surface area contributed by atoms with Crippen LogP contribution < -0.4 is 10.9 Å². The fourth-order valence-corrected chi connectivity index (χ4v) is 3.08. The van der Waals surface area contributed by atoms with Gasteiger partial charge < -0.3 is 9.88 Å². The van der Waals surface area contributed by atoms with Crippen LogP contribution in [0.3, 0.4) is 0 Å². The first-order valence-electron chi connectivity index (χ1n) is 7.61. The van der Waals surface area contributed by atoms with Crippen molar-refractivity contribution >= 4 is 0 Å². The zero-order valence-corrected chi connectivity index (χ0v) is 12.2. The van der Waals surface area contributed by atoms with Crippen LogP contribution in [0.1, 0.15) is 44.6 Å². The molecule has 3 nitrogen and oxygen atoms in total. The van der Waals surface area contributed by atoms with Crippen molar-refractivity contribution in [2.24, 2.45) is 5.92 Å². The van der Waals surface area contributed by atoms with Crippen molar-refractivity contribution in [3.05, 3.63) is 34.2 Å². The highest BCUT2D eigenvalue weighted by molar-refractivity contribution is 5.08. The predicted octanol–water partition coefficient (Wildman–Crippen LogP) is 2.72. The second-order valence-corrected chi connectivity index (χ2v) is 5.78. The van der Waals surface area contributed by atoms with E-state index < -0.39 is 0 Å². The lowest BCUT2D eigenvalue weighted by molar-refractivity contribution is 0.359. The van der Waals surface area contributed by atoms with Gasteiger partial charge in [-0.05, 0) is 56.7 Å². The minimum atomic E-state index is 0.135. The van der Waals surface area contributed by atoms with Crippen molar-refractivity contribution in [1.82, 2.24) is 9.88 Å². The van der Waals surface area contributed by atoms with E-state index in [0.717, 1.165) is 31.0 Å². The topological polar surface area (TPSA) is 34.0 Å². The maximum absolute atomic E-state index is 11.8. The molecule has 1 aromatic heterocycles. The predicted molar refractivity (Wildman–Crippen MR) is 79.5 cm³/mol. The van der Waals surface area contributed by atoms with E-state index in [-0.39, 0.29) is 5.56 Å². The molecule has 1 aliphatic carbocycles. The molecule has 1 heterocycles. The molecule has 1 fully saturated rings. The number of aromatic nitrogens is 1. The summed E-state index contributed by atoms with van der Waals surface area (Å²) in [6.07, 6.45) is 8.18. The number of nitrogens with one attached hydrogen (secondary N) is 1. The molecular weight excluding hydrogens is 236 g/mol. The Labute approximate surface area is 116 Å². The first kappa shape index (κ1) is 14.3. The molecular formula is C16H26N2O. The highest BCUT2D eigenvalue weighted by Gasteiger charge is 2.26. The van der Waals surface area contributed by atoms with Crippen LogP contribution in [-0.4, -0.2) is 17.2 Å². The van der Waals surface area contributed by atoms with Gasteiger partial charge >= 0.3 is 0 Å². The van der Waals surface area contributed by atoms with Gasteiger partial charge in [-0.2, -0.15) is 0 Å². The highest BCUT2D eigenvalue weighted by Crippen LogP contribution is 2.28. The lowest BCUT2D eigenvalue weighted by Crippen LogP contribution is -2.34. The molecule has 0 aliphatic heterocycles. The molecule has 0 amide bonds. The molecule has 0 aromatic carbocycles. The quantitative estimate of drug-likeness (QED) is 0.855. The molecule has 0 saturated heterocycles. The largest absolute Gasteiger partial charge is 0.316 e. The minimum absolute atomic E-state index is 0.135. The van der Waals surface area contributed by atoms with Gasteiger partial charge in [0.15, 0.2) is 0 Å². The first-order valence-corrected chi connectivity index (χ1v) is 7.61. The first-order chi connectivity index (χ1) is 9.20. The molecule has 106 valence electrons. The van der Waals surface area contributed by atoms with Crippen LogP contribution in [0.5, 0.6) is 0 Å². The SMILES string of the molecule is CCCNC1CCCC1CCn1ccc(C)cc1=O. The maximum atomic E-state index is 11.8. The van der Waals surface area contributed by atoms with Gasteiger partial charge in [-0.3, -0.25) is 4.79 Å². The van der Waals surface area contributed by atoms with Crippen molar-refractivity contribution in [2.75, 3.05) is 6.54 Å². The van der Waals surface area contributed by atoms with E-state index in [2.05, 4.69) is 12.2 Å². The lowest BCUT2D eigenvalue weighted by Gasteiger charge is -2.21. The van der Waals surface area contributed by atoms with Gasteiger partial charge in [-0.15, -0.1) is 0 Å². The molecule has 1 saturated carbocycles.